The van der Waals surface area contributed by atoms with Crippen molar-refractivity contribution in [1.29, 1.82) is 0 Å². The standard InChI is InChI=1S/C29H36N2O4S/c1-6-24-9-8-10-25(7-2)28(24)31(36(5,33)34)20-23-12-14-26(15-13-23)29(32)30-17-18-35-27-16-11-21(3)22(4)19-27/h8-16,19H,6-7,17-18,20H2,1-5H3,(H,30,32). The molecule has 0 aliphatic heterocycles. The van der Waals surface area contributed by atoms with Gasteiger partial charge in [-0.2, -0.15) is 0 Å². The fourth-order valence-electron chi connectivity index (χ4n) is 4.06. The van der Waals surface area contributed by atoms with Gasteiger partial charge >= 0.3 is 0 Å². The van der Waals surface area contributed by atoms with Crippen LogP contribution in [-0.2, 0) is 29.4 Å². The summed E-state index contributed by atoms with van der Waals surface area (Å²) in [6, 6.07) is 18.9. The van der Waals surface area contributed by atoms with Crippen molar-refractivity contribution < 1.29 is 17.9 Å². The Morgan fingerprint density at radius 3 is 2.11 bits per heavy atom. The Morgan fingerprint density at radius 1 is 0.917 bits per heavy atom. The third kappa shape index (κ3) is 6.88. The number of carbonyl (C=O) groups excluding carboxylic acids is 1. The molecule has 3 rings (SSSR count). The van der Waals surface area contributed by atoms with Crippen molar-refractivity contribution in [2.45, 2.75) is 47.1 Å². The van der Waals surface area contributed by atoms with E-state index in [0.717, 1.165) is 46.5 Å². The summed E-state index contributed by atoms with van der Waals surface area (Å²) in [5.74, 6) is 0.581. The van der Waals surface area contributed by atoms with Crippen LogP contribution in [0.4, 0.5) is 5.69 Å². The van der Waals surface area contributed by atoms with Crippen LogP contribution in [-0.4, -0.2) is 33.7 Å². The Labute approximate surface area is 215 Å². The van der Waals surface area contributed by atoms with Crippen molar-refractivity contribution in [3.8, 4) is 5.75 Å². The predicted octanol–water partition coefficient (Wildman–Crippen LogP) is 5.20. The Balaban J connectivity index is 1.65. The van der Waals surface area contributed by atoms with Gasteiger partial charge in [0.15, 0.2) is 0 Å². The van der Waals surface area contributed by atoms with Crippen molar-refractivity contribution in [2.24, 2.45) is 0 Å². The summed E-state index contributed by atoms with van der Waals surface area (Å²) < 4.78 is 32.8. The molecule has 0 radical (unpaired) electrons. The number of para-hydroxylation sites is 1. The van der Waals surface area contributed by atoms with E-state index in [0.29, 0.717) is 18.7 Å². The molecule has 36 heavy (non-hydrogen) atoms. The number of hydrogen-bond donors (Lipinski definition) is 1. The summed E-state index contributed by atoms with van der Waals surface area (Å²) in [7, 11) is -3.51. The maximum Gasteiger partial charge on any atom is 0.251 e. The molecule has 0 aromatic heterocycles. The SMILES string of the molecule is CCc1cccc(CC)c1N(Cc1ccc(C(=O)NCCOc2ccc(C)c(C)c2)cc1)S(C)(=O)=O. The average Bonchev–Trinajstić information content (AvgIpc) is 2.86. The molecule has 7 heteroatoms. The second-order valence-corrected chi connectivity index (χ2v) is 10.9. The fourth-order valence-corrected chi connectivity index (χ4v) is 5.01. The molecular weight excluding hydrogens is 472 g/mol. The number of rotatable bonds is 11. The summed E-state index contributed by atoms with van der Waals surface area (Å²) in [6.45, 7) is 9.09. The van der Waals surface area contributed by atoms with Gasteiger partial charge in [0, 0.05) is 5.56 Å². The van der Waals surface area contributed by atoms with Crippen molar-refractivity contribution >= 4 is 21.6 Å². The number of nitrogens with zero attached hydrogens (tertiary/aromatic N) is 1. The molecule has 0 heterocycles. The van der Waals surface area contributed by atoms with Crippen LogP contribution < -0.4 is 14.4 Å². The Hall–Kier alpha value is -3.32. The first kappa shape index (κ1) is 27.3. The third-order valence-electron chi connectivity index (χ3n) is 6.29. The summed E-state index contributed by atoms with van der Waals surface area (Å²) in [5, 5.41) is 2.87. The fraction of sp³-hybridized carbons (Fsp3) is 0.345. The molecule has 0 unspecified atom stereocenters. The molecule has 0 bridgehead atoms. The van der Waals surface area contributed by atoms with Gasteiger partial charge in [-0.05, 0) is 78.8 Å². The van der Waals surface area contributed by atoms with Crippen molar-refractivity contribution in [3.63, 3.8) is 0 Å². The smallest absolute Gasteiger partial charge is 0.251 e. The monoisotopic (exact) mass is 508 g/mol. The molecule has 3 aromatic rings. The topological polar surface area (TPSA) is 75.7 Å². The van der Waals surface area contributed by atoms with Gasteiger partial charge in [-0.3, -0.25) is 9.10 Å². The highest BCUT2D eigenvalue weighted by Crippen LogP contribution is 2.30. The Bertz CT molecular complexity index is 1280. The number of nitrogens with one attached hydrogen (secondary N) is 1. The maximum absolute atomic E-state index is 12.8. The zero-order chi connectivity index (χ0) is 26.3. The second kappa shape index (κ2) is 12.1. The average molecular weight is 509 g/mol. The highest BCUT2D eigenvalue weighted by atomic mass is 32.2. The zero-order valence-corrected chi connectivity index (χ0v) is 22.6. The van der Waals surface area contributed by atoms with E-state index < -0.39 is 10.0 Å². The van der Waals surface area contributed by atoms with Crippen molar-refractivity contribution in [1.82, 2.24) is 5.32 Å². The van der Waals surface area contributed by atoms with E-state index in [1.807, 2.05) is 57.2 Å². The molecule has 0 fully saturated rings. The summed E-state index contributed by atoms with van der Waals surface area (Å²) in [5.41, 5.74) is 6.45. The molecular formula is C29H36N2O4S. The van der Waals surface area contributed by atoms with E-state index in [-0.39, 0.29) is 12.5 Å². The minimum absolute atomic E-state index is 0.199. The van der Waals surface area contributed by atoms with E-state index in [4.69, 9.17) is 4.74 Å². The van der Waals surface area contributed by atoms with Crippen LogP contribution in [0.5, 0.6) is 5.75 Å². The predicted molar refractivity (Wildman–Crippen MR) is 146 cm³/mol. The van der Waals surface area contributed by atoms with Gasteiger partial charge in [-0.1, -0.05) is 50.2 Å². The Kier molecular flexibility index (Phi) is 9.15. The molecule has 1 N–H and O–H groups in total. The van der Waals surface area contributed by atoms with Crippen LogP contribution in [0.15, 0.2) is 60.7 Å². The first-order valence-electron chi connectivity index (χ1n) is 12.3. The lowest BCUT2D eigenvalue weighted by Crippen LogP contribution is -2.31. The van der Waals surface area contributed by atoms with Gasteiger partial charge in [0.1, 0.15) is 12.4 Å². The molecule has 6 nitrogen and oxygen atoms in total. The van der Waals surface area contributed by atoms with Crippen molar-refractivity contribution in [2.75, 3.05) is 23.7 Å². The number of anilines is 1. The van der Waals surface area contributed by atoms with Crippen molar-refractivity contribution in [3.05, 3.63) is 94.0 Å². The molecule has 0 spiro atoms. The summed E-state index contributed by atoms with van der Waals surface area (Å²) in [4.78, 5) is 12.6. The van der Waals surface area contributed by atoms with E-state index in [2.05, 4.69) is 12.2 Å². The largest absolute Gasteiger partial charge is 0.492 e. The van der Waals surface area contributed by atoms with Gasteiger partial charge in [0.2, 0.25) is 10.0 Å². The van der Waals surface area contributed by atoms with Crippen LogP contribution >= 0.6 is 0 Å². The number of aryl methyl sites for hydroxylation is 4. The first-order valence-corrected chi connectivity index (χ1v) is 14.1. The van der Waals surface area contributed by atoms with Crippen LogP contribution in [0.25, 0.3) is 0 Å². The molecule has 192 valence electrons. The molecule has 3 aromatic carbocycles. The molecule has 0 saturated carbocycles. The molecule has 0 aliphatic carbocycles. The van der Waals surface area contributed by atoms with E-state index in [1.165, 1.54) is 16.1 Å². The van der Waals surface area contributed by atoms with Crippen LogP contribution in [0.2, 0.25) is 0 Å². The third-order valence-corrected chi connectivity index (χ3v) is 7.40. The second-order valence-electron chi connectivity index (χ2n) is 8.95. The highest BCUT2D eigenvalue weighted by Gasteiger charge is 2.23. The highest BCUT2D eigenvalue weighted by molar-refractivity contribution is 7.92. The molecule has 0 aliphatic rings. The zero-order valence-electron chi connectivity index (χ0n) is 21.8. The van der Waals surface area contributed by atoms with Gasteiger partial charge < -0.3 is 10.1 Å². The lowest BCUT2D eigenvalue weighted by Gasteiger charge is -2.27. The van der Waals surface area contributed by atoms with Crippen LogP contribution in [0.1, 0.15) is 52.0 Å². The summed E-state index contributed by atoms with van der Waals surface area (Å²) in [6.07, 6.45) is 2.71. The molecule has 0 saturated heterocycles. The van der Waals surface area contributed by atoms with Gasteiger partial charge in [-0.15, -0.1) is 0 Å². The van der Waals surface area contributed by atoms with E-state index in [9.17, 15) is 13.2 Å². The minimum Gasteiger partial charge on any atom is -0.492 e. The number of benzene rings is 3. The maximum atomic E-state index is 12.8. The normalized spacial score (nSPS) is 11.2. The minimum atomic E-state index is -3.51. The number of hydrogen-bond acceptors (Lipinski definition) is 4. The molecule has 0 atom stereocenters. The summed E-state index contributed by atoms with van der Waals surface area (Å²) >= 11 is 0. The Morgan fingerprint density at radius 2 is 1.56 bits per heavy atom. The number of ether oxygens (including phenoxy) is 1. The van der Waals surface area contributed by atoms with E-state index in [1.54, 1.807) is 24.3 Å². The van der Waals surface area contributed by atoms with Crippen LogP contribution in [0, 0.1) is 13.8 Å². The number of amides is 1. The number of carbonyl (C=O) groups is 1. The quantitative estimate of drug-likeness (QED) is 0.361. The lowest BCUT2D eigenvalue weighted by atomic mass is 10.0. The van der Waals surface area contributed by atoms with Gasteiger partial charge in [0.25, 0.3) is 5.91 Å². The lowest BCUT2D eigenvalue weighted by molar-refractivity contribution is 0.0947. The van der Waals surface area contributed by atoms with Crippen LogP contribution in [0.3, 0.4) is 0 Å². The van der Waals surface area contributed by atoms with Gasteiger partial charge in [0.05, 0.1) is 25.0 Å². The molecule has 1 amide bonds. The number of sulfonamides is 1. The van der Waals surface area contributed by atoms with Gasteiger partial charge in [-0.25, -0.2) is 8.42 Å². The first-order chi connectivity index (χ1) is 17.1. The van der Waals surface area contributed by atoms with E-state index >= 15 is 0 Å².